The molecule has 3 rings (SSSR count). The SMILES string of the molecule is Cc1cc(C(=O)N2CCCN(c3ncccc3C#N)CC2)c(C)n1C(C)C. The van der Waals surface area contributed by atoms with E-state index in [0.29, 0.717) is 30.5 Å². The Balaban J connectivity index is 1.78. The summed E-state index contributed by atoms with van der Waals surface area (Å²) in [5, 5.41) is 9.33. The van der Waals surface area contributed by atoms with Crippen molar-refractivity contribution in [3.05, 3.63) is 46.9 Å². The highest BCUT2D eigenvalue weighted by atomic mass is 16.2. The molecule has 1 fully saturated rings. The number of carbonyl (C=O) groups is 1. The zero-order chi connectivity index (χ0) is 19.6. The smallest absolute Gasteiger partial charge is 0.255 e. The van der Waals surface area contributed by atoms with Gasteiger partial charge in [-0.1, -0.05) is 0 Å². The van der Waals surface area contributed by atoms with Gasteiger partial charge in [0.05, 0.1) is 11.1 Å². The van der Waals surface area contributed by atoms with Crippen LogP contribution in [0.15, 0.2) is 24.4 Å². The molecule has 2 aromatic heterocycles. The van der Waals surface area contributed by atoms with E-state index in [0.717, 1.165) is 36.5 Å². The molecule has 0 radical (unpaired) electrons. The molecule has 0 spiro atoms. The molecule has 6 heteroatoms. The third kappa shape index (κ3) is 3.68. The van der Waals surface area contributed by atoms with Crippen LogP contribution in [0.25, 0.3) is 0 Å². The Morgan fingerprint density at radius 2 is 2.00 bits per heavy atom. The van der Waals surface area contributed by atoms with E-state index in [2.05, 4.69) is 41.3 Å². The average molecular weight is 365 g/mol. The highest BCUT2D eigenvalue weighted by molar-refractivity contribution is 5.95. The maximum Gasteiger partial charge on any atom is 0.255 e. The predicted octanol–water partition coefficient (Wildman–Crippen LogP) is 3.31. The maximum absolute atomic E-state index is 13.2. The third-order valence-corrected chi connectivity index (χ3v) is 5.22. The molecule has 0 aromatic carbocycles. The molecule has 3 heterocycles. The lowest BCUT2D eigenvalue weighted by molar-refractivity contribution is 0.0766. The van der Waals surface area contributed by atoms with Gasteiger partial charge >= 0.3 is 0 Å². The molecule has 0 bridgehead atoms. The predicted molar refractivity (Wildman–Crippen MR) is 106 cm³/mol. The van der Waals surface area contributed by atoms with Crippen LogP contribution in [0.1, 0.15) is 53.6 Å². The largest absolute Gasteiger partial charge is 0.354 e. The molecule has 2 aromatic rings. The average Bonchev–Trinajstić information content (AvgIpc) is 2.83. The van der Waals surface area contributed by atoms with E-state index in [-0.39, 0.29) is 5.91 Å². The monoisotopic (exact) mass is 365 g/mol. The number of anilines is 1. The molecule has 0 atom stereocenters. The molecule has 1 saturated heterocycles. The maximum atomic E-state index is 13.2. The van der Waals surface area contributed by atoms with Crippen molar-refractivity contribution in [3.8, 4) is 6.07 Å². The van der Waals surface area contributed by atoms with Gasteiger partial charge in [0, 0.05) is 49.8 Å². The molecule has 1 aliphatic rings. The van der Waals surface area contributed by atoms with Crippen LogP contribution in [0.4, 0.5) is 5.82 Å². The highest BCUT2D eigenvalue weighted by Crippen LogP contribution is 2.23. The van der Waals surface area contributed by atoms with Crippen LogP contribution in [0.3, 0.4) is 0 Å². The van der Waals surface area contributed by atoms with E-state index in [9.17, 15) is 10.1 Å². The first-order valence-electron chi connectivity index (χ1n) is 9.51. The van der Waals surface area contributed by atoms with E-state index in [4.69, 9.17) is 0 Å². The summed E-state index contributed by atoms with van der Waals surface area (Å²) in [5.41, 5.74) is 3.53. The Labute approximate surface area is 161 Å². The molecule has 1 amide bonds. The minimum absolute atomic E-state index is 0.0957. The van der Waals surface area contributed by atoms with Crippen molar-refractivity contribution in [1.82, 2.24) is 14.5 Å². The van der Waals surface area contributed by atoms with Gasteiger partial charge in [0.2, 0.25) is 0 Å². The number of pyridine rings is 1. The van der Waals surface area contributed by atoms with Gasteiger partial charge in [-0.2, -0.15) is 5.26 Å². The van der Waals surface area contributed by atoms with Crippen molar-refractivity contribution < 1.29 is 4.79 Å². The van der Waals surface area contributed by atoms with Crippen LogP contribution in [0, 0.1) is 25.2 Å². The first kappa shape index (κ1) is 19.0. The van der Waals surface area contributed by atoms with Crippen LogP contribution in [-0.4, -0.2) is 46.5 Å². The number of nitriles is 1. The van der Waals surface area contributed by atoms with Gasteiger partial charge in [-0.25, -0.2) is 4.98 Å². The van der Waals surface area contributed by atoms with Gasteiger partial charge in [0.25, 0.3) is 5.91 Å². The molecule has 0 saturated carbocycles. The lowest BCUT2D eigenvalue weighted by Gasteiger charge is -2.23. The summed E-state index contributed by atoms with van der Waals surface area (Å²) in [4.78, 5) is 21.6. The summed E-state index contributed by atoms with van der Waals surface area (Å²) in [7, 11) is 0. The minimum Gasteiger partial charge on any atom is -0.354 e. The van der Waals surface area contributed by atoms with Crippen LogP contribution in [0.2, 0.25) is 0 Å². The van der Waals surface area contributed by atoms with Gasteiger partial charge in [0.15, 0.2) is 0 Å². The number of amides is 1. The number of hydrogen-bond acceptors (Lipinski definition) is 4. The van der Waals surface area contributed by atoms with Crippen molar-refractivity contribution in [2.45, 2.75) is 40.2 Å². The van der Waals surface area contributed by atoms with Crippen LogP contribution in [0.5, 0.6) is 0 Å². The third-order valence-electron chi connectivity index (χ3n) is 5.22. The second-order valence-corrected chi connectivity index (χ2v) is 7.37. The minimum atomic E-state index is 0.0957. The van der Waals surface area contributed by atoms with Gasteiger partial charge < -0.3 is 14.4 Å². The van der Waals surface area contributed by atoms with Crippen LogP contribution >= 0.6 is 0 Å². The molecule has 142 valence electrons. The van der Waals surface area contributed by atoms with Crippen molar-refractivity contribution in [2.75, 3.05) is 31.1 Å². The number of rotatable bonds is 3. The Morgan fingerprint density at radius 1 is 1.22 bits per heavy atom. The molecule has 27 heavy (non-hydrogen) atoms. The van der Waals surface area contributed by atoms with Crippen molar-refractivity contribution in [2.24, 2.45) is 0 Å². The molecule has 1 aliphatic heterocycles. The number of nitrogens with zero attached hydrogens (tertiary/aromatic N) is 5. The summed E-state index contributed by atoms with van der Waals surface area (Å²) < 4.78 is 2.21. The van der Waals surface area contributed by atoms with E-state index in [1.807, 2.05) is 17.9 Å². The Bertz CT molecular complexity index is 877. The summed E-state index contributed by atoms with van der Waals surface area (Å²) in [6.07, 6.45) is 2.57. The molecule has 0 N–H and O–H groups in total. The van der Waals surface area contributed by atoms with Crippen molar-refractivity contribution >= 4 is 11.7 Å². The molecular weight excluding hydrogens is 338 g/mol. The lowest BCUT2D eigenvalue weighted by atomic mass is 10.2. The van der Waals surface area contributed by atoms with Crippen LogP contribution < -0.4 is 4.90 Å². The van der Waals surface area contributed by atoms with Gasteiger partial charge in [-0.3, -0.25) is 4.79 Å². The molecule has 0 aliphatic carbocycles. The number of aryl methyl sites for hydroxylation is 1. The lowest BCUT2D eigenvalue weighted by Crippen LogP contribution is -2.35. The van der Waals surface area contributed by atoms with Crippen molar-refractivity contribution in [1.29, 1.82) is 5.26 Å². The zero-order valence-corrected chi connectivity index (χ0v) is 16.6. The molecule has 6 nitrogen and oxygen atoms in total. The topological polar surface area (TPSA) is 65.2 Å². The summed E-state index contributed by atoms with van der Waals surface area (Å²) >= 11 is 0. The van der Waals surface area contributed by atoms with E-state index >= 15 is 0 Å². The van der Waals surface area contributed by atoms with E-state index < -0.39 is 0 Å². The Hall–Kier alpha value is -2.81. The Morgan fingerprint density at radius 3 is 2.67 bits per heavy atom. The van der Waals surface area contributed by atoms with Gasteiger partial charge in [-0.15, -0.1) is 0 Å². The fourth-order valence-electron chi connectivity index (χ4n) is 4.03. The van der Waals surface area contributed by atoms with Crippen LogP contribution in [-0.2, 0) is 0 Å². The van der Waals surface area contributed by atoms with Crippen molar-refractivity contribution in [3.63, 3.8) is 0 Å². The van der Waals surface area contributed by atoms with E-state index in [1.54, 1.807) is 18.3 Å². The first-order chi connectivity index (χ1) is 12.9. The Kier molecular flexibility index (Phi) is 5.50. The second-order valence-electron chi connectivity index (χ2n) is 7.37. The standard InChI is InChI=1S/C21H27N5O/c1-15(2)26-16(3)13-19(17(26)4)21(27)25-10-6-9-24(11-12-25)20-18(14-22)7-5-8-23-20/h5,7-8,13,15H,6,9-12H2,1-4H3. The second kappa shape index (κ2) is 7.83. The van der Waals surface area contributed by atoms with E-state index in [1.165, 1.54) is 0 Å². The summed E-state index contributed by atoms with van der Waals surface area (Å²) in [5.74, 6) is 0.811. The number of aromatic nitrogens is 2. The fourth-order valence-corrected chi connectivity index (χ4v) is 4.03. The number of carbonyl (C=O) groups excluding carboxylic acids is 1. The fraction of sp³-hybridized carbons (Fsp3) is 0.476. The molecule has 0 unspecified atom stereocenters. The highest BCUT2D eigenvalue weighted by Gasteiger charge is 2.25. The number of hydrogen-bond donors (Lipinski definition) is 0. The zero-order valence-electron chi connectivity index (χ0n) is 16.6. The summed E-state index contributed by atoms with van der Waals surface area (Å²) in [6, 6.07) is 8.12. The first-order valence-corrected chi connectivity index (χ1v) is 9.51. The summed E-state index contributed by atoms with van der Waals surface area (Å²) in [6.45, 7) is 11.2. The molecular formula is C21H27N5O. The van der Waals surface area contributed by atoms with Gasteiger partial charge in [-0.05, 0) is 52.3 Å². The van der Waals surface area contributed by atoms with Gasteiger partial charge in [0.1, 0.15) is 11.9 Å². The quantitative estimate of drug-likeness (QED) is 0.837. The normalized spacial score (nSPS) is 15.0.